The number of hydrogen-bond donors (Lipinski definition) is 0. The summed E-state index contributed by atoms with van der Waals surface area (Å²) in [5.74, 6) is -0.812. The summed E-state index contributed by atoms with van der Waals surface area (Å²) in [5, 5.41) is 0. The minimum Gasteiger partial charge on any atom is -0.456 e. The molecular formula is C28H36N2O5. The molecule has 4 rings (SSSR count). The molecule has 0 unspecified atom stereocenters. The number of aryl methyl sites for hydroxylation is 1. The summed E-state index contributed by atoms with van der Waals surface area (Å²) >= 11 is 0. The van der Waals surface area contributed by atoms with Crippen LogP contribution in [-0.2, 0) is 30.8 Å². The number of carbonyl (C=O) groups excluding carboxylic acids is 2. The van der Waals surface area contributed by atoms with E-state index >= 15 is 0 Å². The first-order chi connectivity index (χ1) is 16.6. The Kier molecular flexibility index (Phi) is 7.02. The van der Waals surface area contributed by atoms with E-state index in [1.165, 1.54) is 18.8 Å². The number of hydrogen-bond acceptors (Lipinski definition) is 6. The van der Waals surface area contributed by atoms with Crippen LogP contribution in [0.2, 0.25) is 0 Å². The number of ether oxygens (including phenoxy) is 3. The van der Waals surface area contributed by atoms with Crippen molar-refractivity contribution in [2.45, 2.75) is 58.0 Å². The van der Waals surface area contributed by atoms with E-state index < -0.39 is 23.5 Å². The summed E-state index contributed by atoms with van der Waals surface area (Å²) in [5.41, 5.74) is 1.41. The molecule has 0 radical (unpaired) electrons. The van der Waals surface area contributed by atoms with Gasteiger partial charge in [0.2, 0.25) is 5.79 Å². The van der Waals surface area contributed by atoms with Crippen LogP contribution in [0, 0.1) is 23.7 Å². The third-order valence-corrected chi connectivity index (χ3v) is 7.80. The van der Waals surface area contributed by atoms with Gasteiger partial charge in [-0.2, -0.15) is 0 Å². The normalized spacial score (nSPS) is 36.1. The Labute approximate surface area is 207 Å². The van der Waals surface area contributed by atoms with Crippen LogP contribution in [-0.4, -0.2) is 46.4 Å². The molecule has 1 aliphatic carbocycles. The predicted octanol–water partition coefficient (Wildman–Crippen LogP) is 4.42. The lowest BCUT2D eigenvalue weighted by Gasteiger charge is -2.41. The molecule has 0 saturated carbocycles. The van der Waals surface area contributed by atoms with Gasteiger partial charge < -0.3 is 18.8 Å². The monoisotopic (exact) mass is 480 g/mol. The Bertz CT molecular complexity index is 1100. The lowest BCUT2D eigenvalue weighted by atomic mass is 9.65. The molecule has 188 valence electrons. The molecular weight excluding hydrogens is 444 g/mol. The molecule has 2 bridgehead atoms. The van der Waals surface area contributed by atoms with Crippen LogP contribution >= 0.6 is 0 Å². The zero-order valence-corrected chi connectivity index (χ0v) is 21.4. The molecule has 35 heavy (non-hydrogen) atoms. The summed E-state index contributed by atoms with van der Waals surface area (Å²) in [7, 11) is 3.40. The second-order valence-electron chi connectivity index (χ2n) is 10.5. The Balaban J connectivity index is 1.72. The van der Waals surface area contributed by atoms with E-state index in [1.807, 2.05) is 36.9 Å². The standard InChI is InChI=1S/C28H36N2O5/c1-18(2)22-9-7-19(3)23-14-25(34-26(32)10-8-21-15-30(5)17-29-21)27(4)11-12-28(33-6,35-27)20(16-31)13-24(22)23/h7-8,10-13,15-18,22-25H,9,14H2,1-6H3/b10-8+,20-13-/t22-,23+,24-,25+,27+,28-/m1/s1. The van der Waals surface area contributed by atoms with Crippen LogP contribution in [0.15, 0.2) is 54.1 Å². The number of aldehydes is 1. The predicted molar refractivity (Wildman–Crippen MR) is 133 cm³/mol. The molecule has 7 heteroatoms. The van der Waals surface area contributed by atoms with Gasteiger partial charge in [-0.25, -0.2) is 9.78 Å². The number of aromatic nitrogens is 2. The van der Waals surface area contributed by atoms with Crippen molar-refractivity contribution in [1.29, 1.82) is 0 Å². The topological polar surface area (TPSA) is 79.7 Å². The largest absolute Gasteiger partial charge is 0.456 e. The molecule has 6 atom stereocenters. The highest BCUT2D eigenvalue weighted by Gasteiger charge is 2.53. The van der Waals surface area contributed by atoms with Crippen molar-refractivity contribution in [2.75, 3.05) is 7.11 Å². The molecule has 0 fully saturated rings. The molecule has 0 amide bonds. The Morgan fingerprint density at radius 3 is 2.74 bits per heavy atom. The molecule has 0 aromatic carbocycles. The van der Waals surface area contributed by atoms with Crippen molar-refractivity contribution >= 4 is 18.3 Å². The number of nitrogens with zero attached hydrogens (tertiary/aromatic N) is 2. The second-order valence-corrected chi connectivity index (χ2v) is 10.5. The summed E-state index contributed by atoms with van der Waals surface area (Å²) in [6.07, 6.45) is 16.3. The molecule has 3 heterocycles. The van der Waals surface area contributed by atoms with Gasteiger partial charge in [-0.05, 0) is 68.6 Å². The fraction of sp³-hybridized carbons (Fsp3) is 0.536. The highest BCUT2D eigenvalue weighted by Crippen LogP contribution is 2.49. The number of fused-ring (bicyclic) bond motifs is 3. The second kappa shape index (κ2) is 9.70. The van der Waals surface area contributed by atoms with E-state index in [1.54, 1.807) is 18.5 Å². The van der Waals surface area contributed by atoms with Crippen molar-refractivity contribution in [3.8, 4) is 0 Å². The van der Waals surface area contributed by atoms with E-state index in [2.05, 4.69) is 31.8 Å². The number of allylic oxidation sites excluding steroid dienone is 3. The third kappa shape index (κ3) is 4.84. The third-order valence-electron chi connectivity index (χ3n) is 7.80. The van der Waals surface area contributed by atoms with Crippen LogP contribution in [0.4, 0.5) is 0 Å². The highest BCUT2D eigenvalue weighted by atomic mass is 16.7. The average molecular weight is 481 g/mol. The number of esters is 1. The zero-order chi connectivity index (χ0) is 25.4. The van der Waals surface area contributed by atoms with Gasteiger partial charge in [-0.1, -0.05) is 31.6 Å². The van der Waals surface area contributed by atoms with Gasteiger partial charge in [-0.15, -0.1) is 0 Å². The van der Waals surface area contributed by atoms with E-state index in [0.717, 1.165) is 12.7 Å². The van der Waals surface area contributed by atoms with Gasteiger partial charge >= 0.3 is 5.97 Å². The van der Waals surface area contributed by atoms with Gasteiger partial charge in [0, 0.05) is 26.4 Å². The molecule has 3 aliphatic rings. The maximum Gasteiger partial charge on any atom is 0.331 e. The quantitative estimate of drug-likeness (QED) is 0.260. The number of carbonyl (C=O) groups is 2. The Hall–Kier alpha value is -2.77. The number of imidazole rings is 1. The lowest BCUT2D eigenvalue weighted by molar-refractivity contribution is -0.224. The first-order valence-electron chi connectivity index (χ1n) is 12.3. The molecule has 0 spiro atoms. The maximum atomic E-state index is 12.9. The summed E-state index contributed by atoms with van der Waals surface area (Å²) in [6, 6.07) is 0. The maximum absolute atomic E-state index is 12.9. The molecule has 2 aliphatic heterocycles. The van der Waals surface area contributed by atoms with E-state index in [9.17, 15) is 9.59 Å². The smallest absolute Gasteiger partial charge is 0.331 e. The molecule has 0 saturated heterocycles. The minimum absolute atomic E-state index is 0.0948. The Morgan fingerprint density at radius 1 is 1.34 bits per heavy atom. The van der Waals surface area contributed by atoms with E-state index in [-0.39, 0.29) is 11.8 Å². The van der Waals surface area contributed by atoms with Gasteiger partial charge in [0.1, 0.15) is 11.7 Å². The number of rotatable bonds is 6. The molecule has 1 aromatic rings. The van der Waals surface area contributed by atoms with E-state index in [0.29, 0.717) is 29.5 Å². The van der Waals surface area contributed by atoms with Crippen molar-refractivity contribution in [3.63, 3.8) is 0 Å². The first kappa shape index (κ1) is 25.3. The van der Waals surface area contributed by atoms with Crippen molar-refractivity contribution < 1.29 is 23.8 Å². The summed E-state index contributed by atoms with van der Waals surface area (Å²) < 4.78 is 20.1. The SMILES string of the molecule is CO[C@]12C=C[C@](C)(O1)[C@@H](OC(=O)/C=C/c1cn(C)cn1)C[C@H]1C(C)=CC[C@H](C(C)C)[C@H]1/C=C\2C=O. The lowest BCUT2D eigenvalue weighted by Crippen LogP contribution is -2.47. The average Bonchev–Trinajstić information content (AvgIpc) is 3.41. The Morgan fingerprint density at radius 2 is 2.11 bits per heavy atom. The summed E-state index contributed by atoms with van der Waals surface area (Å²) in [6.45, 7) is 8.44. The van der Waals surface area contributed by atoms with Crippen molar-refractivity contribution in [3.05, 3.63) is 59.7 Å². The van der Waals surface area contributed by atoms with Crippen molar-refractivity contribution in [1.82, 2.24) is 9.55 Å². The van der Waals surface area contributed by atoms with Crippen LogP contribution in [0.3, 0.4) is 0 Å². The van der Waals surface area contributed by atoms with E-state index in [4.69, 9.17) is 14.2 Å². The van der Waals surface area contributed by atoms with Gasteiger partial charge in [0.15, 0.2) is 6.29 Å². The van der Waals surface area contributed by atoms with Crippen molar-refractivity contribution in [2.24, 2.45) is 30.7 Å². The highest BCUT2D eigenvalue weighted by molar-refractivity contribution is 5.87. The van der Waals surface area contributed by atoms with Gasteiger partial charge in [0.05, 0.1) is 17.6 Å². The van der Waals surface area contributed by atoms with Crippen LogP contribution in [0.5, 0.6) is 0 Å². The fourth-order valence-electron chi connectivity index (χ4n) is 5.68. The van der Waals surface area contributed by atoms with Crippen LogP contribution < -0.4 is 0 Å². The fourth-order valence-corrected chi connectivity index (χ4v) is 5.68. The molecule has 7 nitrogen and oxygen atoms in total. The molecule has 0 N–H and O–H groups in total. The van der Waals surface area contributed by atoms with Crippen LogP contribution in [0.1, 0.15) is 46.2 Å². The van der Waals surface area contributed by atoms with Crippen LogP contribution in [0.25, 0.3) is 6.08 Å². The van der Waals surface area contributed by atoms with Gasteiger partial charge in [0.25, 0.3) is 0 Å². The molecule has 1 aromatic heterocycles. The zero-order valence-electron chi connectivity index (χ0n) is 21.4. The summed E-state index contributed by atoms with van der Waals surface area (Å²) in [4.78, 5) is 29.5. The minimum atomic E-state index is -1.31. The number of methoxy groups -OCH3 is 1. The van der Waals surface area contributed by atoms with Gasteiger partial charge in [-0.3, -0.25) is 4.79 Å². The first-order valence-corrected chi connectivity index (χ1v) is 12.3.